The largest absolute Gasteiger partial charge is 0.387 e. The standard InChI is InChI=1S/C19H32BrNO/c1-4-6-8-12-21(13-9-7-5-2)15-19(22)17-10-11-18(20)16(3)14-17/h10-11,14,19,22H,4-9,12-13,15H2,1-3H3/t19-/m0/s1. The maximum Gasteiger partial charge on any atom is 0.0917 e. The van der Waals surface area contributed by atoms with Crippen LogP contribution in [0.1, 0.15) is 69.6 Å². The molecule has 0 saturated carbocycles. The first-order chi connectivity index (χ1) is 10.6. The molecule has 1 rings (SSSR count). The van der Waals surface area contributed by atoms with Crippen LogP contribution in [-0.2, 0) is 0 Å². The molecule has 1 aromatic carbocycles. The van der Waals surface area contributed by atoms with Crippen molar-refractivity contribution in [3.05, 3.63) is 33.8 Å². The summed E-state index contributed by atoms with van der Waals surface area (Å²) in [5.41, 5.74) is 2.21. The Morgan fingerprint density at radius 2 is 1.64 bits per heavy atom. The molecule has 1 N–H and O–H groups in total. The Labute approximate surface area is 145 Å². The first-order valence-electron chi connectivity index (χ1n) is 8.75. The van der Waals surface area contributed by atoms with E-state index in [1.807, 2.05) is 12.1 Å². The average Bonchev–Trinajstić information content (AvgIpc) is 2.50. The Morgan fingerprint density at radius 1 is 1.05 bits per heavy atom. The van der Waals surface area contributed by atoms with Crippen LogP contribution in [-0.4, -0.2) is 29.6 Å². The molecule has 0 aliphatic rings. The van der Waals surface area contributed by atoms with Crippen molar-refractivity contribution >= 4 is 15.9 Å². The second kappa shape index (κ2) is 11.2. The molecule has 0 aliphatic heterocycles. The van der Waals surface area contributed by atoms with Gasteiger partial charge in [0.15, 0.2) is 0 Å². The lowest BCUT2D eigenvalue weighted by Crippen LogP contribution is -2.31. The summed E-state index contributed by atoms with van der Waals surface area (Å²) in [5.74, 6) is 0. The van der Waals surface area contributed by atoms with Gasteiger partial charge in [-0.15, -0.1) is 0 Å². The van der Waals surface area contributed by atoms with Crippen molar-refractivity contribution in [2.24, 2.45) is 0 Å². The lowest BCUT2D eigenvalue weighted by atomic mass is 10.1. The average molecular weight is 370 g/mol. The van der Waals surface area contributed by atoms with Gasteiger partial charge in [0.05, 0.1) is 6.10 Å². The van der Waals surface area contributed by atoms with E-state index in [4.69, 9.17) is 0 Å². The molecule has 22 heavy (non-hydrogen) atoms. The van der Waals surface area contributed by atoms with Gasteiger partial charge in [0, 0.05) is 11.0 Å². The zero-order chi connectivity index (χ0) is 16.4. The summed E-state index contributed by atoms with van der Waals surface area (Å²) in [6.45, 7) is 9.49. The number of rotatable bonds is 11. The van der Waals surface area contributed by atoms with E-state index in [1.54, 1.807) is 0 Å². The number of halogens is 1. The van der Waals surface area contributed by atoms with Crippen LogP contribution in [0.15, 0.2) is 22.7 Å². The molecule has 0 aromatic heterocycles. The minimum atomic E-state index is -0.393. The number of unbranched alkanes of at least 4 members (excludes halogenated alkanes) is 4. The second-order valence-electron chi connectivity index (χ2n) is 6.24. The summed E-state index contributed by atoms with van der Waals surface area (Å²) in [6, 6.07) is 6.15. The molecule has 0 fully saturated rings. The van der Waals surface area contributed by atoms with Crippen molar-refractivity contribution < 1.29 is 5.11 Å². The molecule has 0 heterocycles. The van der Waals surface area contributed by atoms with Crippen LogP contribution in [0.5, 0.6) is 0 Å². The minimum Gasteiger partial charge on any atom is -0.387 e. The third-order valence-corrected chi connectivity index (χ3v) is 5.04. The van der Waals surface area contributed by atoms with Gasteiger partial charge in [-0.2, -0.15) is 0 Å². The monoisotopic (exact) mass is 369 g/mol. The molecule has 0 spiro atoms. The van der Waals surface area contributed by atoms with Gasteiger partial charge in [-0.25, -0.2) is 0 Å². The number of hydrogen-bond donors (Lipinski definition) is 1. The van der Waals surface area contributed by atoms with Gasteiger partial charge in [0.25, 0.3) is 0 Å². The van der Waals surface area contributed by atoms with Gasteiger partial charge in [0.1, 0.15) is 0 Å². The van der Waals surface area contributed by atoms with E-state index in [-0.39, 0.29) is 0 Å². The van der Waals surface area contributed by atoms with E-state index < -0.39 is 6.10 Å². The third kappa shape index (κ3) is 7.26. The third-order valence-electron chi connectivity index (χ3n) is 4.15. The Balaban J connectivity index is 2.58. The molecular weight excluding hydrogens is 338 g/mol. The van der Waals surface area contributed by atoms with E-state index in [9.17, 15) is 5.11 Å². The maximum atomic E-state index is 10.6. The van der Waals surface area contributed by atoms with Gasteiger partial charge >= 0.3 is 0 Å². The second-order valence-corrected chi connectivity index (χ2v) is 7.09. The topological polar surface area (TPSA) is 23.5 Å². The van der Waals surface area contributed by atoms with Crippen LogP contribution >= 0.6 is 15.9 Å². The number of hydrogen-bond acceptors (Lipinski definition) is 2. The molecule has 1 atom stereocenters. The summed E-state index contributed by atoms with van der Waals surface area (Å²) in [6.07, 6.45) is 7.11. The fraction of sp³-hybridized carbons (Fsp3) is 0.684. The van der Waals surface area contributed by atoms with Gasteiger partial charge in [0.2, 0.25) is 0 Å². The van der Waals surface area contributed by atoms with Crippen molar-refractivity contribution in [1.82, 2.24) is 4.90 Å². The Kier molecular flexibility index (Phi) is 10.0. The fourth-order valence-electron chi connectivity index (χ4n) is 2.69. The number of aliphatic hydroxyl groups excluding tert-OH is 1. The van der Waals surface area contributed by atoms with Gasteiger partial charge in [-0.1, -0.05) is 67.6 Å². The zero-order valence-electron chi connectivity index (χ0n) is 14.4. The summed E-state index contributed by atoms with van der Waals surface area (Å²) >= 11 is 3.52. The van der Waals surface area contributed by atoms with Crippen LogP contribution in [0.25, 0.3) is 0 Å². The molecular formula is C19H32BrNO. The summed E-state index contributed by atoms with van der Waals surface area (Å²) in [5, 5.41) is 10.6. The molecule has 0 saturated heterocycles. The van der Waals surface area contributed by atoms with Gasteiger partial charge < -0.3 is 10.0 Å². The minimum absolute atomic E-state index is 0.393. The highest BCUT2D eigenvalue weighted by molar-refractivity contribution is 9.10. The Hall–Kier alpha value is -0.380. The van der Waals surface area contributed by atoms with Crippen LogP contribution in [0, 0.1) is 6.92 Å². The van der Waals surface area contributed by atoms with Crippen molar-refractivity contribution in [1.29, 1.82) is 0 Å². The molecule has 0 radical (unpaired) electrons. The summed E-state index contributed by atoms with van der Waals surface area (Å²) in [4.78, 5) is 2.44. The predicted octanol–water partition coefficient (Wildman–Crippen LogP) is 5.47. The quantitative estimate of drug-likeness (QED) is 0.522. The first kappa shape index (κ1) is 19.7. The highest BCUT2D eigenvalue weighted by Gasteiger charge is 2.14. The smallest absolute Gasteiger partial charge is 0.0917 e. The molecule has 2 nitrogen and oxygen atoms in total. The van der Waals surface area contributed by atoms with Crippen LogP contribution in [0.2, 0.25) is 0 Å². The van der Waals surface area contributed by atoms with Gasteiger partial charge in [-0.05, 0) is 50.0 Å². The lowest BCUT2D eigenvalue weighted by molar-refractivity contribution is 0.110. The SMILES string of the molecule is CCCCCN(CCCCC)C[C@H](O)c1ccc(Br)c(C)c1. The summed E-state index contributed by atoms with van der Waals surface area (Å²) < 4.78 is 1.10. The maximum absolute atomic E-state index is 10.6. The normalized spacial score (nSPS) is 12.8. The molecule has 0 amide bonds. The molecule has 0 unspecified atom stereocenters. The Morgan fingerprint density at radius 3 is 2.14 bits per heavy atom. The molecule has 3 heteroatoms. The fourth-order valence-corrected chi connectivity index (χ4v) is 2.94. The van der Waals surface area contributed by atoms with Crippen molar-refractivity contribution in [3.8, 4) is 0 Å². The molecule has 0 aliphatic carbocycles. The predicted molar refractivity (Wildman–Crippen MR) is 99.3 cm³/mol. The van der Waals surface area contributed by atoms with Gasteiger partial charge in [-0.3, -0.25) is 0 Å². The van der Waals surface area contributed by atoms with Crippen molar-refractivity contribution in [2.45, 2.75) is 65.4 Å². The lowest BCUT2D eigenvalue weighted by Gasteiger charge is -2.25. The first-order valence-corrected chi connectivity index (χ1v) is 9.54. The van der Waals surface area contributed by atoms with E-state index in [0.29, 0.717) is 0 Å². The number of aryl methyl sites for hydroxylation is 1. The molecule has 1 aromatic rings. The van der Waals surface area contributed by atoms with E-state index in [2.05, 4.69) is 47.7 Å². The number of aliphatic hydroxyl groups is 1. The zero-order valence-corrected chi connectivity index (χ0v) is 16.0. The van der Waals surface area contributed by atoms with Crippen LogP contribution < -0.4 is 0 Å². The van der Waals surface area contributed by atoms with E-state index >= 15 is 0 Å². The van der Waals surface area contributed by atoms with Crippen molar-refractivity contribution in [2.75, 3.05) is 19.6 Å². The highest BCUT2D eigenvalue weighted by atomic mass is 79.9. The van der Waals surface area contributed by atoms with Crippen molar-refractivity contribution in [3.63, 3.8) is 0 Å². The van der Waals surface area contributed by atoms with E-state index in [0.717, 1.165) is 29.7 Å². The van der Waals surface area contributed by atoms with E-state index in [1.165, 1.54) is 44.1 Å². The molecule has 126 valence electrons. The van der Waals surface area contributed by atoms with Crippen LogP contribution in [0.4, 0.5) is 0 Å². The Bertz CT molecular complexity index is 412. The molecule has 0 bridgehead atoms. The number of nitrogens with zero attached hydrogens (tertiary/aromatic N) is 1. The number of benzene rings is 1. The summed E-state index contributed by atoms with van der Waals surface area (Å²) in [7, 11) is 0. The highest BCUT2D eigenvalue weighted by Crippen LogP contribution is 2.22. The van der Waals surface area contributed by atoms with Crippen LogP contribution in [0.3, 0.4) is 0 Å².